The van der Waals surface area contributed by atoms with Crippen LogP contribution in [0.3, 0.4) is 0 Å². The molecular weight excluding hydrogens is 457 g/mol. The molecule has 0 unspecified atom stereocenters. The zero-order chi connectivity index (χ0) is 23.6. The van der Waals surface area contributed by atoms with E-state index in [1.54, 1.807) is 6.07 Å². The van der Waals surface area contributed by atoms with E-state index in [4.69, 9.17) is 9.47 Å². The van der Waals surface area contributed by atoms with Crippen molar-refractivity contribution < 1.29 is 32.0 Å². The minimum absolute atomic E-state index is 0.0910. The number of rotatable bonds is 5. The molecule has 0 radical (unpaired) electrons. The van der Waals surface area contributed by atoms with E-state index in [1.165, 1.54) is 22.5 Å². The Morgan fingerprint density at radius 1 is 1.09 bits per heavy atom. The number of carbonyl (C=O) groups is 1. The van der Waals surface area contributed by atoms with Crippen molar-refractivity contribution in [3.8, 4) is 11.5 Å². The Balaban J connectivity index is 1.40. The van der Waals surface area contributed by atoms with Gasteiger partial charge in [0.15, 0.2) is 11.5 Å². The van der Waals surface area contributed by atoms with Gasteiger partial charge in [0.05, 0.1) is 23.0 Å². The number of carbonyl (C=O) groups excluding carboxylic acids is 1. The standard InChI is InChI=1S/C21H22FN3O7S/c22-17-4-2-15(12-18(17)25(27)28)23-21(26)14-6-8-24(9-7-14)33(29,30)16-3-5-19-20(13-16)32-11-1-10-31-19/h2-5,12-14H,1,6-11H2,(H,23,26). The van der Waals surface area contributed by atoms with Gasteiger partial charge >= 0.3 is 5.69 Å². The molecule has 2 aliphatic rings. The minimum atomic E-state index is -3.79. The number of nitro groups is 1. The van der Waals surface area contributed by atoms with Gasteiger partial charge in [-0.3, -0.25) is 14.9 Å². The lowest BCUT2D eigenvalue weighted by Gasteiger charge is -2.30. The first-order chi connectivity index (χ1) is 15.8. The molecule has 0 bridgehead atoms. The van der Waals surface area contributed by atoms with Gasteiger partial charge in [-0.15, -0.1) is 0 Å². The lowest BCUT2D eigenvalue weighted by molar-refractivity contribution is -0.387. The molecule has 2 aliphatic heterocycles. The second kappa shape index (κ2) is 9.32. The van der Waals surface area contributed by atoms with Crippen LogP contribution >= 0.6 is 0 Å². The van der Waals surface area contributed by atoms with Crippen LogP contribution in [0, 0.1) is 21.8 Å². The average Bonchev–Trinajstić information content (AvgIpc) is 3.05. The summed E-state index contributed by atoms with van der Waals surface area (Å²) in [5.74, 6) is -0.988. The smallest absolute Gasteiger partial charge is 0.306 e. The molecule has 0 aromatic heterocycles. The predicted molar refractivity (Wildman–Crippen MR) is 115 cm³/mol. The summed E-state index contributed by atoms with van der Waals surface area (Å²) in [5, 5.41) is 13.4. The number of nitro benzene ring substituents is 1. The van der Waals surface area contributed by atoms with E-state index in [1.807, 2.05) is 0 Å². The molecule has 0 atom stereocenters. The predicted octanol–water partition coefficient (Wildman–Crippen LogP) is 2.93. The number of amides is 1. The van der Waals surface area contributed by atoms with Crippen LogP contribution in [0.15, 0.2) is 41.3 Å². The number of nitrogens with zero attached hydrogens (tertiary/aromatic N) is 2. The molecule has 0 spiro atoms. The molecule has 1 amide bonds. The van der Waals surface area contributed by atoms with E-state index in [2.05, 4.69) is 5.32 Å². The monoisotopic (exact) mass is 479 g/mol. The number of halogens is 1. The fourth-order valence-electron chi connectivity index (χ4n) is 3.79. The van der Waals surface area contributed by atoms with Crippen molar-refractivity contribution in [1.82, 2.24) is 4.31 Å². The lowest BCUT2D eigenvalue weighted by atomic mass is 9.97. The van der Waals surface area contributed by atoms with Crippen LogP contribution in [0.2, 0.25) is 0 Å². The van der Waals surface area contributed by atoms with Crippen LogP contribution in [0.4, 0.5) is 15.8 Å². The Kier molecular flexibility index (Phi) is 6.47. The van der Waals surface area contributed by atoms with Gasteiger partial charge in [-0.2, -0.15) is 8.70 Å². The number of fused-ring (bicyclic) bond motifs is 1. The first-order valence-electron chi connectivity index (χ1n) is 10.4. The second-order valence-corrected chi connectivity index (χ2v) is 9.69. The Labute approximate surface area is 189 Å². The van der Waals surface area contributed by atoms with Gasteiger partial charge in [0.2, 0.25) is 21.7 Å². The normalized spacial score (nSPS) is 17.2. The topological polar surface area (TPSA) is 128 Å². The third-order valence-electron chi connectivity index (χ3n) is 5.59. The molecule has 0 aliphatic carbocycles. The summed E-state index contributed by atoms with van der Waals surface area (Å²) in [7, 11) is -3.79. The van der Waals surface area contributed by atoms with E-state index >= 15 is 0 Å². The molecule has 2 aromatic rings. The number of ether oxygens (including phenoxy) is 2. The van der Waals surface area contributed by atoms with Crippen LogP contribution in [0.25, 0.3) is 0 Å². The van der Waals surface area contributed by atoms with Gasteiger partial charge in [0.25, 0.3) is 0 Å². The Bertz CT molecular complexity index is 1180. The number of anilines is 1. The number of piperidine rings is 1. The molecule has 33 heavy (non-hydrogen) atoms. The zero-order valence-electron chi connectivity index (χ0n) is 17.5. The Hall–Kier alpha value is -3.25. The van der Waals surface area contributed by atoms with Crippen molar-refractivity contribution >= 4 is 27.3 Å². The highest BCUT2D eigenvalue weighted by Crippen LogP contribution is 2.34. The summed E-state index contributed by atoms with van der Waals surface area (Å²) in [6.07, 6.45) is 1.26. The molecule has 4 rings (SSSR count). The van der Waals surface area contributed by atoms with Gasteiger partial charge < -0.3 is 14.8 Å². The van der Waals surface area contributed by atoms with Crippen LogP contribution in [0.1, 0.15) is 19.3 Å². The van der Waals surface area contributed by atoms with E-state index in [0.29, 0.717) is 31.1 Å². The van der Waals surface area contributed by atoms with E-state index in [-0.39, 0.29) is 36.5 Å². The summed E-state index contributed by atoms with van der Waals surface area (Å²) < 4.78 is 52.1. The van der Waals surface area contributed by atoms with Crippen LogP contribution < -0.4 is 14.8 Å². The highest BCUT2D eigenvalue weighted by molar-refractivity contribution is 7.89. The molecule has 176 valence electrons. The summed E-state index contributed by atoms with van der Waals surface area (Å²) in [6.45, 7) is 1.21. The van der Waals surface area contributed by atoms with Crippen molar-refractivity contribution in [3.05, 3.63) is 52.3 Å². The van der Waals surface area contributed by atoms with E-state index < -0.39 is 38.3 Å². The van der Waals surface area contributed by atoms with E-state index in [9.17, 15) is 27.7 Å². The van der Waals surface area contributed by atoms with Crippen molar-refractivity contribution in [1.29, 1.82) is 0 Å². The van der Waals surface area contributed by atoms with Crippen LogP contribution in [-0.4, -0.2) is 49.9 Å². The van der Waals surface area contributed by atoms with Crippen LogP contribution in [-0.2, 0) is 14.8 Å². The summed E-state index contributed by atoms with van der Waals surface area (Å²) >= 11 is 0. The Morgan fingerprint density at radius 2 is 1.79 bits per heavy atom. The van der Waals surface area contributed by atoms with Crippen molar-refractivity contribution in [2.45, 2.75) is 24.2 Å². The second-order valence-electron chi connectivity index (χ2n) is 7.75. The largest absolute Gasteiger partial charge is 0.490 e. The van der Waals surface area contributed by atoms with Gasteiger partial charge in [-0.25, -0.2) is 8.42 Å². The summed E-state index contributed by atoms with van der Waals surface area (Å²) in [5.41, 5.74) is -0.626. The molecule has 1 saturated heterocycles. The van der Waals surface area contributed by atoms with Gasteiger partial charge in [0, 0.05) is 43.2 Å². The number of hydrogen-bond donors (Lipinski definition) is 1. The molecule has 0 saturated carbocycles. The van der Waals surface area contributed by atoms with Gasteiger partial charge in [-0.1, -0.05) is 0 Å². The zero-order valence-corrected chi connectivity index (χ0v) is 18.3. The van der Waals surface area contributed by atoms with Crippen molar-refractivity contribution in [2.24, 2.45) is 5.92 Å². The summed E-state index contributed by atoms with van der Waals surface area (Å²) in [4.78, 5) is 22.7. The maximum atomic E-state index is 13.5. The first-order valence-corrected chi connectivity index (χ1v) is 11.8. The maximum absolute atomic E-state index is 13.5. The fraction of sp³-hybridized carbons (Fsp3) is 0.381. The molecule has 10 nitrogen and oxygen atoms in total. The molecule has 12 heteroatoms. The van der Waals surface area contributed by atoms with Crippen molar-refractivity contribution in [2.75, 3.05) is 31.6 Å². The number of benzene rings is 2. The van der Waals surface area contributed by atoms with Gasteiger partial charge in [0.1, 0.15) is 0 Å². The average molecular weight is 479 g/mol. The minimum Gasteiger partial charge on any atom is -0.490 e. The highest BCUT2D eigenvalue weighted by atomic mass is 32.2. The number of hydrogen-bond acceptors (Lipinski definition) is 7. The molecule has 1 fully saturated rings. The number of nitrogens with one attached hydrogen (secondary N) is 1. The lowest BCUT2D eigenvalue weighted by Crippen LogP contribution is -2.41. The molecular formula is C21H22FN3O7S. The third kappa shape index (κ3) is 4.91. The van der Waals surface area contributed by atoms with Crippen LogP contribution in [0.5, 0.6) is 11.5 Å². The van der Waals surface area contributed by atoms with Crippen molar-refractivity contribution in [3.63, 3.8) is 0 Å². The van der Waals surface area contributed by atoms with E-state index in [0.717, 1.165) is 12.1 Å². The summed E-state index contributed by atoms with van der Waals surface area (Å²) in [6, 6.07) is 7.62. The molecule has 1 N–H and O–H groups in total. The molecule has 2 aromatic carbocycles. The SMILES string of the molecule is O=C(Nc1ccc(F)c([N+](=O)[O-])c1)C1CCN(S(=O)(=O)c2ccc3c(c2)OCCCO3)CC1. The highest BCUT2D eigenvalue weighted by Gasteiger charge is 2.33. The fourth-order valence-corrected chi connectivity index (χ4v) is 5.27. The van der Waals surface area contributed by atoms with Gasteiger partial charge in [-0.05, 0) is 37.1 Å². The third-order valence-corrected chi connectivity index (χ3v) is 7.49. The molecule has 2 heterocycles. The maximum Gasteiger partial charge on any atom is 0.306 e. The first kappa shape index (κ1) is 22.9. The quantitative estimate of drug-likeness (QED) is 0.516. The Morgan fingerprint density at radius 3 is 2.48 bits per heavy atom. The number of sulfonamides is 1.